The van der Waals surface area contributed by atoms with Crippen molar-refractivity contribution in [3.8, 4) is 6.07 Å². The number of hydrogen-bond donors (Lipinski definition) is 1. The average Bonchev–Trinajstić information content (AvgIpc) is 2.46. The first-order valence-electron chi connectivity index (χ1n) is 4.44. The SMILES string of the molecule is Cc1cn(CCOC(C)C#N)nc1N. The molecule has 0 aliphatic rings. The Kier molecular flexibility index (Phi) is 3.48. The van der Waals surface area contributed by atoms with Crippen molar-refractivity contribution in [2.75, 3.05) is 12.3 Å². The molecule has 0 aliphatic heterocycles. The average molecular weight is 194 g/mol. The predicted octanol–water partition coefficient (Wildman–Crippen LogP) is 0.702. The van der Waals surface area contributed by atoms with Crippen LogP contribution < -0.4 is 5.73 Å². The highest BCUT2D eigenvalue weighted by molar-refractivity contribution is 5.35. The first-order valence-corrected chi connectivity index (χ1v) is 4.44. The minimum absolute atomic E-state index is 0.371. The van der Waals surface area contributed by atoms with Crippen molar-refractivity contribution < 1.29 is 4.74 Å². The van der Waals surface area contributed by atoms with Crippen molar-refractivity contribution in [2.24, 2.45) is 0 Å². The Morgan fingerprint density at radius 3 is 3.00 bits per heavy atom. The molecular weight excluding hydrogens is 180 g/mol. The molecule has 14 heavy (non-hydrogen) atoms. The number of nitriles is 1. The summed E-state index contributed by atoms with van der Waals surface area (Å²) >= 11 is 0. The molecule has 0 radical (unpaired) electrons. The number of nitrogens with two attached hydrogens (primary N) is 1. The fraction of sp³-hybridized carbons (Fsp3) is 0.556. The van der Waals surface area contributed by atoms with Gasteiger partial charge in [-0.3, -0.25) is 4.68 Å². The lowest BCUT2D eigenvalue weighted by molar-refractivity contribution is 0.0932. The third kappa shape index (κ3) is 2.75. The second-order valence-corrected chi connectivity index (χ2v) is 3.10. The quantitative estimate of drug-likeness (QED) is 0.765. The van der Waals surface area contributed by atoms with E-state index >= 15 is 0 Å². The molecule has 1 atom stereocenters. The largest absolute Gasteiger partial charge is 0.382 e. The van der Waals surface area contributed by atoms with E-state index < -0.39 is 0 Å². The maximum absolute atomic E-state index is 8.46. The Labute approximate surface area is 83.1 Å². The summed E-state index contributed by atoms with van der Waals surface area (Å²) in [6, 6.07) is 1.99. The lowest BCUT2D eigenvalue weighted by Gasteiger charge is -2.04. The molecule has 0 spiro atoms. The van der Waals surface area contributed by atoms with Gasteiger partial charge >= 0.3 is 0 Å². The first kappa shape index (κ1) is 10.5. The fourth-order valence-corrected chi connectivity index (χ4v) is 1.01. The van der Waals surface area contributed by atoms with Gasteiger partial charge in [-0.1, -0.05) is 0 Å². The van der Waals surface area contributed by atoms with E-state index in [1.54, 1.807) is 11.6 Å². The Morgan fingerprint density at radius 1 is 1.79 bits per heavy atom. The molecule has 76 valence electrons. The van der Waals surface area contributed by atoms with Crippen LogP contribution in [0.15, 0.2) is 6.20 Å². The topological polar surface area (TPSA) is 76.9 Å². The van der Waals surface area contributed by atoms with Crippen LogP contribution in [0.3, 0.4) is 0 Å². The minimum atomic E-state index is -0.371. The third-order valence-electron chi connectivity index (χ3n) is 1.85. The lowest BCUT2D eigenvalue weighted by atomic mass is 10.4. The van der Waals surface area contributed by atoms with Gasteiger partial charge in [-0.15, -0.1) is 0 Å². The summed E-state index contributed by atoms with van der Waals surface area (Å²) in [4.78, 5) is 0. The second kappa shape index (κ2) is 4.63. The van der Waals surface area contributed by atoms with Gasteiger partial charge in [0.2, 0.25) is 0 Å². The molecule has 0 aromatic carbocycles. The molecule has 1 aromatic rings. The molecule has 0 amide bonds. The number of nitrogen functional groups attached to an aromatic ring is 1. The molecule has 1 rings (SSSR count). The van der Waals surface area contributed by atoms with Crippen LogP contribution in [0.2, 0.25) is 0 Å². The van der Waals surface area contributed by atoms with Crippen LogP contribution in [-0.4, -0.2) is 22.5 Å². The summed E-state index contributed by atoms with van der Waals surface area (Å²) in [6.45, 7) is 4.69. The van der Waals surface area contributed by atoms with Crippen LogP contribution in [0.4, 0.5) is 5.82 Å². The number of ether oxygens (including phenoxy) is 1. The number of rotatable bonds is 4. The Bertz CT molecular complexity index is 320. The van der Waals surface area contributed by atoms with Gasteiger partial charge < -0.3 is 10.5 Å². The minimum Gasteiger partial charge on any atom is -0.382 e. The van der Waals surface area contributed by atoms with E-state index in [1.807, 2.05) is 19.2 Å². The Morgan fingerprint density at radius 2 is 2.50 bits per heavy atom. The van der Waals surface area contributed by atoms with Crippen molar-refractivity contribution in [1.82, 2.24) is 9.78 Å². The zero-order valence-electron chi connectivity index (χ0n) is 8.40. The number of hydrogen-bond acceptors (Lipinski definition) is 4. The van der Waals surface area contributed by atoms with Gasteiger partial charge in [0, 0.05) is 11.8 Å². The molecule has 0 aliphatic carbocycles. The number of aromatic nitrogens is 2. The number of aryl methyl sites for hydroxylation is 1. The van der Waals surface area contributed by atoms with Gasteiger partial charge in [0.25, 0.3) is 0 Å². The molecule has 0 saturated heterocycles. The fourth-order valence-electron chi connectivity index (χ4n) is 1.01. The summed E-state index contributed by atoms with van der Waals surface area (Å²) in [6.07, 6.45) is 1.49. The van der Waals surface area contributed by atoms with Gasteiger partial charge in [-0.05, 0) is 13.8 Å². The van der Waals surface area contributed by atoms with E-state index in [1.165, 1.54) is 0 Å². The molecule has 1 aromatic heterocycles. The van der Waals surface area contributed by atoms with Crippen molar-refractivity contribution in [3.63, 3.8) is 0 Å². The number of anilines is 1. The zero-order valence-corrected chi connectivity index (χ0v) is 8.40. The van der Waals surface area contributed by atoms with Crippen molar-refractivity contribution in [3.05, 3.63) is 11.8 Å². The standard InChI is InChI=1S/C9H14N4O/c1-7-6-13(12-9(7)11)3-4-14-8(2)5-10/h6,8H,3-4H2,1-2H3,(H2,11,12). The van der Waals surface area contributed by atoms with Gasteiger partial charge in [-0.25, -0.2) is 0 Å². The lowest BCUT2D eigenvalue weighted by Crippen LogP contribution is -2.12. The van der Waals surface area contributed by atoms with E-state index in [4.69, 9.17) is 15.7 Å². The van der Waals surface area contributed by atoms with Gasteiger partial charge in [0.15, 0.2) is 0 Å². The smallest absolute Gasteiger partial charge is 0.148 e. The van der Waals surface area contributed by atoms with Crippen LogP contribution in [0.25, 0.3) is 0 Å². The van der Waals surface area contributed by atoms with E-state index in [0.717, 1.165) is 5.56 Å². The number of nitrogens with zero attached hydrogens (tertiary/aromatic N) is 3. The summed E-state index contributed by atoms with van der Waals surface area (Å²) in [5, 5.41) is 12.5. The van der Waals surface area contributed by atoms with Crippen molar-refractivity contribution in [2.45, 2.75) is 26.5 Å². The summed E-state index contributed by atoms with van der Waals surface area (Å²) in [5.74, 6) is 0.540. The van der Waals surface area contributed by atoms with E-state index in [0.29, 0.717) is 19.0 Å². The molecular formula is C9H14N4O. The van der Waals surface area contributed by atoms with Gasteiger partial charge in [0.05, 0.1) is 19.2 Å². The summed E-state index contributed by atoms with van der Waals surface area (Å²) in [5.41, 5.74) is 6.53. The van der Waals surface area contributed by atoms with Crippen molar-refractivity contribution >= 4 is 5.82 Å². The maximum Gasteiger partial charge on any atom is 0.148 e. The van der Waals surface area contributed by atoms with Crippen LogP contribution in [0, 0.1) is 18.3 Å². The molecule has 5 nitrogen and oxygen atoms in total. The maximum atomic E-state index is 8.46. The first-order chi connectivity index (χ1) is 6.63. The summed E-state index contributed by atoms with van der Waals surface area (Å²) in [7, 11) is 0. The van der Waals surface area contributed by atoms with E-state index in [9.17, 15) is 0 Å². The molecule has 1 unspecified atom stereocenters. The molecule has 0 saturated carbocycles. The Balaban J connectivity index is 2.36. The van der Waals surface area contributed by atoms with Gasteiger partial charge in [0.1, 0.15) is 11.9 Å². The van der Waals surface area contributed by atoms with Crippen LogP contribution in [0.1, 0.15) is 12.5 Å². The van der Waals surface area contributed by atoms with Crippen LogP contribution in [0.5, 0.6) is 0 Å². The van der Waals surface area contributed by atoms with Crippen molar-refractivity contribution in [1.29, 1.82) is 5.26 Å². The van der Waals surface area contributed by atoms with E-state index in [-0.39, 0.29) is 6.10 Å². The second-order valence-electron chi connectivity index (χ2n) is 3.10. The summed E-state index contributed by atoms with van der Waals surface area (Å²) < 4.78 is 6.90. The van der Waals surface area contributed by atoms with Crippen LogP contribution >= 0.6 is 0 Å². The van der Waals surface area contributed by atoms with Crippen LogP contribution in [-0.2, 0) is 11.3 Å². The van der Waals surface area contributed by atoms with E-state index in [2.05, 4.69) is 5.10 Å². The predicted molar refractivity (Wildman–Crippen MR) is 52.4 cm³/mol. The zero-order chi connectivity index (χ0) is 10.6. The molecule has 0 bridgehead atoms. The highest BCUT2D eigenvalue weighted by Crippen LogP contribution is 2.05. The molecule has 1 heterocycles. The normalized spacial score (nSPS) is 12.4. The molecule has 5 heteroatoms. The van der Waals surface area contributed by atoms with Gasteiger partial charge in [-0.2, -0.15) is 10.4 Å². The highest BCUT2D eigenvalue weighted by atomic mass is 16.5. The monoisotopic (exact) mass is 194 g/mol. The Hall–Kier alpha value is -1.54. The highest BCUT2D eigenvalue weighted by Gasteiger charge is 2.02. The third-order valence-corrected chi connectivity index (χ3v) is 1.85. The molecule has 2 N–H and O–H groups in total. The molecule has 0 fully saturated rings.